The molecule has 0 aliphatic heterocycles. The van der Waals surface area contributed by atoms with Gasteiger partial charge in [-0.25, -0.2) is 4.79 Å². The molecular weight excluding hydrogens is 561 g/mol. The van der Waals surface area contributed by atoms with Crippen molar-refractivity contribution < 1.29 is 34.2 Å². The van der Waals surface area contributed by atoms with E-state index in [0.29, 0.717) is 24.1 Å². The van der Waals surface area contributed by atoms with Crippen LogP contribution in [0.1, 0.15) is 49.5 Å². The van der Waals surface area contributed by atoms with E-state index in [-0.39, 0.29) is 22.0 Å². The predicted octanol–water partition coefficient (Wildman–Crippen LogP) is 4.00. The highest BCUT2D eigenvalue weighted by molar-refractivity contribution is 6.40. The number of carbonyl (C=O) groups is 5. The second kappa shape index (κ2) is 12.3. The van der Waals surface area contributed by atoms with Crippen molar-refractivity contribution in [1.82, 2.24) is 10.6 Å². The fraction of sp³-hybridized carbons (Fsp3) is 0.393. The molecule has 1 aliphatic carbocycles. The number of rotatable bonds is 10. The van der Waals surface area contributed by atoms with Gasteiger partial charge in [0.1, 0.15) is 12.6 Å². The molecule has 3 atom stereocenters. The van der Waals surface area contributed by atoms with E-state index in [1.807, 2.05) is 0 Å². The zero-order chi connectivity index (χ0) is 29.8. The van der Waals surface area contributed by atoms with Crippen LogP contribution >= 0.6 is 23.2 Å². The monoisotopic (exact) mass is 591 g/mol. The van der Waals surface area contributed by atoms with Gasteiger partial charge in [-0.2, -0.15) is 0 Å². The van der Waals surface area contributed by atoms with E-state index in [4.69, 9.17) is 28.3 Å². The Labute approximate surface area is 241 Å². The first-order valence-corrected chi connectivity index (χ1v) is 13.3. The fourth-order valence-electron chi connectivity index (χ4n) is 5.06. The summed E-state index contributed by atoms with van der Waals surface area (Å²) in [6.07, 6.45) is 0.662. The average molecular weight is 592 g/mol. The van der Waals surface area contributed by atoms with Crippen LogP contribution < -0.4 is 16.0 Å². The summed E-state index contributed by atoms with van der Waals surface area (Å²) in [5.41, 5.74) is -0.710. The molecule has 0 aromatic heterocycles. The van der Waals surface area contributed by atoms with Crippen molar-refractivity contribution in [2.45, 2.75) is 46.1 Å². The molecule has 0 spiro atoms. The van der Waals surface area contributed by atoms with E-state index in [2.05, 4.69) is 16.0 Å². The van der Waals surface area contributed by atoms with Crippen molar-refractivity contribution in [3.63, 3.8) is 0 Å². The molecule has 1 fully saturated rings. The quantitative estimate of drug-likeness (QED) is 0.279. The normalized spacial score (nSPS) is 20.3. The highest BCUT2D eigenvalue weighted by Crippen LogP contribution is 2.56. The summed E-state index contributed by atoms with van der Waals surface area (Å²) in [5.74, 6) is -4.52. The van der Waals surface area contributed by atoms with Crippen molar-refractivity contribution >= 4 is 58.5 Å². The molecule has 2 aromatic carbocycles. The Kier molecular flexibility index (Phi) is 9.48. The smallest absolute Gasteiger partial charge is 0.326 e. The maximum absolute atomic E-state index is 13.2. The molecule has 40 heavy (non-hydrogen) atoms. The van der Waals surface area contributed by atoms with E-state index in [1.54, 1.807) is 63.2 Å². The van der Waals surface area contributed by atoms with Crippen LogP contribution in [-0.4, -0.2) is 52.5 Å². The van der Waals surface area contributed by atoms with Crippen LogP contribution in [0.3, 0.4) is 0 Å². The molecule has 1 saturated carbocycles. The van der Waals surface area contributed by atoms with Gasteiger partial charge >= 0.3 is 11.9 Å². The third-order valence-corrected chi connectivity index (χ3v) is 8.53. The van der Waals surface area contributed by atoms with Crippen LogP contribution in [0.15, 0.2) is 42.5 Å². The minimum atomic E-state index is -1.24. The molecule has 3 amide bonds. The van der Waals surface area contributed by atoms with Gasteiger partial charge in [0, 0.05) is 18.0 Å². The molecule has 1 unspecified atom stereocenters. The van der Waals surface area contributed by atoms with Crippen molar-refractivity contribution in [1.29, 1.82) is 0 Å². The summed E-state index contributed by atoms with van der Waals surface area (Å²) in [6, 6.07) is 9.95. The fourth-order valence-corrected chi connectivity index (χ4v) is 5.63. The lowest BCUT2D eigenvalue weighted by molar-refractivity contribution is -0.145. The van der Waals surface area contributed by atoms with E-state index in [9.17, 15) is 29.1 Å². The zero-order valence-corrected chi connectivity index (χ0v) is 23.7. The first kappa shape index (κ1) is 30.9. The maximum Gasteiger partial charge on any atom is 0.326 e. The molecule has 10 nitrogen and oxygen atoms in total. The summed E-state index contributed by atoms with van der Waals surface area (Å²) in [7, 11) is 0. The van der Waals surface area contributed by atoms with E-state index in [0.717, 1.165) is 0 Å². The molecule has 12 heteroatoms. The Bertz CT molecular complexity index is 1310. The largest absolute Gasteiger partial charge is 0.480 e. The Morgan fingerprint density at radius 1 is 0.975 bits per heavy atom. The van der Waals surface area contributed by atoms with E-state index < -0.39 is 59.0 Å². The van der Waals surface area contributed by atoms with Crippen molar-refractivity contribution in [2.24, 2.45) is 16.7 Å². The van der Waals surface area contributed by atoms with Gasteiger partial charge in [0.15, 0.2) is 0 Å². The highest BCUT2D eigenvalue weighted by Gasteiger charge is 2.58. The lowest BCUT2D eigenvalue weighted by atomic mass is 9.65. The zero-order valence-electron chi connectivity index (χ0n) is 22.2. The molecule has 3 rings (SSSR count). The molecule has 214 valence electrons. The number of carbonyl (C=O) groups excluding carboxylic acids is 3. The third kappa shape index (κ3) is 6.56. The number of nitrogens with one attached hydrogen (secondary N) is 3. The lowest BCUT2D eigenvalue weighted by Gasteiger charge is -2.40. The summed E-state index contributed by atoms with van der Waals surface area (Å²) in [5, 5.41) is 26.8. The van der Waals surface area contributed by atoms with Gasteiger partial charge in [0.25, 0.3) is 5.91 Å². The summed E-state index contributed by atoms with van der Waals surface area (Å²) in [6.45, 7) is 4.66. The van der Waals surface area contributed by atoms with Crippen LogP contribution in [0.5, 0.6) is 0 Å². The molecular formula is C28H31Cl2N3O7. The Morgan fingerprint density at radius 3 is 2.12 bits per heavy atom. The van der Waals surface area contributed by atoms with Gasteiger partial charge in [-0.05, 0) is 48.1 Å². The molecule has 2 aromatic rings. The second-order valence-electron chi connectivity index (χ2n) is 10.6. The molecule has 5 N–H and O–H groups in total. The standard InChI is InChI=1S/C28H31Cl2N3O7/c1-27(2)17(11-12-28(27,3)26(40)31-14-21(34)35)23(36)33-20(25(38)39)13-15-7-9-16(10-8-15)32-24(37)22-18(29)5-4-6-19(22)30/h4-10,17,20H,11-14H2,1-3H3,(H,31,40)(H,32,37)(H,33,36)(H,34,35)(H,38,39)/t17-,20?,28+/m1/s1. The number of halogens is 2. The van der Waals surface area contributed by atoms with E-state index >= 15 is 0 Å². The molecule has 0 radical (unpaired) electrons. The number of anilines is 1. The number of carboxylic acid groups (broad SMARTS) is 2. The Morgan fingerprint density at radius 2 is 1.57 bits per heavy atom. The van der Waals surface area contributed by atoms with Crippen molar-refractivity contribution in [2.75, 3.05) is 11.9 Å². The lowest BCUT2D eigenvalue weighted by Crippen LogP contribution is -2.52. The topological polar surface area (TPSA) is 162 Å². The number of amides is 3. The average Bonchev–Trinajstić information content (AvgIpc) is 3.12. The number of carboxylic acids is 2. The van der Waals surface area contributed by atoms with Crippen LogP contribution in [0, 0.1) is 16.7 Å². The minimum absolute atomic E-state index is 0.0187. The number of benzene rings is 2. The molecule has 1 aliphatic rings. The molecule has 0 saturated heterocycles. The van der Waals surface area contributed by atoms with Gasteiger partial charge < -0.3 is 26.2 Å². The van der Waals surface area contributed by atoms with Crippen LogP contribution in [0.4, 0.5) is 5.69 Å². The van der Waals surface area contributed by atoms with Crippen molar-refractivity contribution in [3.8, 4) is 0 Å². The van der Waals surface area contributed by atoms with Gasteiger partial charge in [-0.1, -0.05) is 62.2 Å². The second-order valence-corrected chi connectivity index (χ2v) is 11.4. The van der Waals surface area contributed by atoms with E-state index in [1.165, 1.54) is 0 Å². The van der Waals surface area contributed by atoms with Gasteiger partial charge in [-0.3, -0.25) is 19.2 Å². The summed E-state index contributed by atoms with van der Waals surface area (Å²) >= 11 is 12.2. The van der Waals surface area contributed by atoms with Gasteiger partial charge in [0.2, 0.25) is 11.8 Å². The number of aliphatic carboxylic acids is 2. The maximum atomic E-state index is 13.2. The van der Waals surface area contributed by atoms with Gasteiger partial charge in [0.05, 0.1) is 21.0 Å². The first-order chi connectivity index (χ1) is 18.7. The number of hydrogen-bond donors (Lipinski definition) is 5. The number of hydrogen-bond acceptors (Lipinski definition) is 5. The summed E-state index contributed by atoms with van der Waals surface area (Å²) < 4.78 is 0. The summed E-state index contributed by atoms with van der Waals surface area (Å²) in [4.78, 5) is 61.5. The SMILES string of the molecule is CC1(C)[C@@H](C(=O)NC(Cc2ccc(NC(=O)c3c(Cl)cccc3Cl)cc2)C(=O)O)CC[C@@]1(C)C(=O)NCC(=O)O. The van der Waals surface area contributed by atoms with Gasteiger partial charge in [-0.15, -0.1) is 0 Å². The Hall–Kier alpha value is -3.63. The minimum Gasteiger partial charge on any atom is -0.480 e. The van der Waals surface area contributed by atoms with Crippen molar-refractivity contribution in [3.05, 3.63) is 63.6 Å². The molecule has 0 heterocycles. The highest BCUT2D eigenvalue weighted by atomic mass is 35.5. The first-order valence-electron chi connectivity index (χ1n) is 12.5. The Balaban J connectivity index is 1.66. The third-order valence-electron chi connectivity index (χ3n) is 7.90. The molecule has 0 bridgehead atoms. The van der Waals surface area contributed by atoms with Crippen LogP contribution in [0.25, 0.3) is 0 Å². The predicted molar refractivity (Wildman–Crippen MR) is 149 cm³/mol. The van der Waals surface area contributed by atoms with Crippen LogP contribution in [0.2, 0.25) is 10.0 Å². The van der Waals surface area contributed by atoms with Crippen LogP contribution in [-0.2, 0) is 25.6 Å².